The number of aliphatic hydroxyl groups is 1. The lowest BCUT2D eigenvalue weighted by molar-refractivity contribution is -0.137. The molecule has 0 saturated heterocycles. The molecule has 0 heterocycles. The van der Waals surface area contributed by atoms with E-state index < -0.39 is 5.97 Å². The molecule has 0 amide bonds. The Morgan fingerprint density at radius 1 is 1.10 bits per heavy atom. The van der Waals surface area contributed by atoms with Crippen LogP contribution in [-0.4, -0.2) is 28.3 Å². The monoisotopic (exact) mass is 414 g/mol. The lowest BCUT2D eigenvalue weighted by atomic mass is 9.55. The van der Waals surface area contributed by atoms with Gasteiger partial charge in [-0.2, -0.15) is 0 Å². The number of ether oxygens (including phenoxy) is 1. The first-order valence-electron chi connectivity index (χ1n) is 11.6. The lowest BCUT2D eigenvalue weighted by Gasteiger charge is -2.50. The molecule has 0 spiro atoms. The van der Waals surface area contributed by atoms with Gasteiger partial charge in [0.1, 0.15) is 5.75 Å². The van der Waals surface area contributed by atoms with Crippen LogP contribution in [0.4, 0.5) is 0 Å². The van der Waals surface area contributed by atoms with Crippen molar-refractivity contribution in [2.45, 2.75) is 89.6 Å². The Balaban J connectivity index is 1.35. The highest BCUT2D eigenvalue weighted by Crippen LogP contribution is 2.60. The molecule has 2 N–H and O–H groups in total. The number of benzene rings is 1. The van der Waals surface area contributed by atoms with Crippen molar-refractivity contribution in [2.24, 2.45) is 17.3 Å². The maximum absolute atomic E-state index is 12.1. The summed E-state index contributed by atoms with van der Waals surface area (Å²) < 4.78 is 5.56. The van der Waals surface area contributed by atoms with Crippen LogP contribution < -0.4 is 4.74 Å². The minimum atomic E-state index is -0.791. The van der Waals surface area contributed by atoms with Gasteiger partial charge in [0, 0.05) is 12.8 Å². The number of aliphatic carboxylic acids is 1. The molecule has 5 atom stereocenters. The van der Waals surface area contributed by atoms with Crippen LogP contribution in [0.15, 0.2) is 18.2 Å². The van der Waals surface area contributed by atoms with Crippen LogP contribution >= 0.6 is 0 Å². The van der Waals surface area contributed by atoms with E-state index in [1.807, 2.05) is 12.1 Å². The third kappa shape index (κ3) is 4.14. The van der Waals surface area contributed by atoms with Crippen molar-refractivity contribution in [1.29, 1.82) is 0 Å². The zero-order valence-corrected chi connectivity index (χ0v) is 17.9. The van der Waals surface area contributed by atoms with Gasteiger partial charge in [0.25, 0.3) is 0 Å². The molecule has 5 nitrogen and oxygen atoms in total. The standard InChI is InChI=1S/C25H34O5/c1-25-14-13-19-18-10-8-17(30-24(29)6-4-2-3-5-23(27)28)15-16(18)7-9-20(19)21(25)11-12-22(25)26/h8,10,15,19-22,26H,2-7,9,11-14H2,1H3,(H,27,28)/t19?,20?,21?,22-,25-/m0/s1. The van der Waals surface area contributed by atoms with E-state index in [-0.39, 0.29) is 23.9 Å². The Bertz CT molecular complexity index is 803. The molecule has 2 fully saturated rings. The smallest absolute Gasteiger partial charge is 0.311 e. The van der Waals surface area contributed by atoms with E-state index in [2.05, 4.69) is 13.0 Å². The van der Waals surface area contributed by atoms with Crippen molar-refractivity contribution in [3.8, 4) is 5.75 Å². The van der Waals surface area contributed by atoms with E-state index in [4.69, 9.17) is 9.84 Å². The van der Waals surface area contributed by atoms with E-state index in [9.17, 15) is 14.7 Å². The number of unbranched alkanes of at least 4 members (excludes halogenated alkanes) is 2. The first-order valence-corrected chi connectivity index (χ1v) is 11.6. The fourth-order valence-electron chi connectivity index (χ4n) is 6.50. The van der Waals surface area contributed by atoms with E-state index in [0.29, 0.717) is 42.8 Å². The Hall–Kier alpha value is -1.88. The lowest BCUT2D eigenvalue weighted by Crippen LogP contribution is -2.43. The van der Waals surface area contributed by atoms with Crippen molar-refractivity contribution < 1.29 is 24.5 Å². The van der Waals surface area contributed by atoms with Gasteiger partial charge in [0.05, 0.1) is 6.10 Å². The van der Waals surface area contributed by atoms with Gasteiger partial charge in [-0.05, 0) is 97.8 Å². The molecule has 3 aliphatic carbocycles. The third-order valence-electron chi connectivity index (χ3n) is 8.15. The van der Waals surface area contributed by atoms with Crippen molar-refractivity contribution >= 4 is 11.9 Å². The fraction of sp³-hybridized carbons (Fsp3) is 0.680. The number of rotatable bonds is 7. The Kier molecular flexibility index (Phi) is 6.19. The van der Waals surface area contributed by atoms with Gasteiger partial charge in [0.2, 0.25) is 0 Å². The predicted molar refractivity (Wildman–Crippen MR) is 113 cm³/mol. The molecule has 1 aromatic rings. The number of esters is 1. The van der Waals surface area contributed by atoms with Crippen LogP contribution in [0.1, 0.15) is 88.2 Å². The summed E-state index contributed by atoms with van der Waals surface area (Å²) in [5.74, 6) is 1.44. The van der Waals surface area contributed by atoms with Crippen LogP contribution in [0.25, 0.3) is 0 Å². The van der Waals surface area contributed by atoms with Gasteiger partial charge in [-0.25, -0.2) is 0 Å². The van der Waals surface area contributed by atoms with Crippen molar-refractivity contribution in [3.05, 3.63) is 29.3 Å². The number of carboxylic acid groups (broad SMARTS) is 1. The van der Waals surface area contributed by atoms with Gasteiger partial charge in [-0.1, -0.05) is 19.4 Å². The molecule has 2 saturated carbocycles. The largest absolute Gasteiger partial charge is 0.481 e. The first-order chi connectivity index (χ1) is 14.4. The molecular weight excluding hydrogens is 380 g/mol. The molecule has 3 aliphatic rings. The van der Waals surface area contributed by atoms with E-state index in [1.165, 1.54) is 11.1 Å². The zero-order valence-electron chi connectivity index (χ0n) is 17.9. The molecular formula is C25H34O5. The summed E-state index contributed by atoms with van der Waals surface area (Å²) >= 11 is 0. The number of carbonyl (C=O) groups is 2. The number of aryl methyl sites for hydroxylation is 1. The summed E-state index contributed by atoms with van der Waals surface area (Å²) in [6.07, 6.45) is 8.82. The number of carboxylic acids is 1. The second-order valence-electron chi connectivity index (χ2n) is 9.84. The van der Waals surface area contributed by atoms with Gasteiger partial charge >= 0.3 is 11.9 Å². The molecule has 0 aromatic heterocycles. The highest BCUT2D eigenvalue weighted by Gasteiger charge is 2.54. The van der Waals surface area contributed by atoms with E-state index in [0.717, 1.165) is 44.9 Å². The maximum Gasteiger partial charge on any atom is 0.311 e. The summed E-state index contributed by atoms with van der Waals surface area (Å²) in [5, 5.41) is 19.2. The Labute approximate surface area is 178 Å². The molecule has 30 heavy (non-hydrogen) atoms. The van der Waals surface area contributed by atoms with Crippen LogP contribution in [0.5, 0.6) is 5.75 Å². The average Bonchev–Trinajstić information content (AvgIpc) is 3.02. The summed E-state index contributed by atoms with van der Waals surface area (Å²) in [6.45, 7) is 2.30. The van der Waals surface area contributed by atoms with E-state index >= 15 is 0 Å². The highest BCUT2D eigenvalue weighted by atomic mass is 16.5. The SMILES string of the molecule is C[C@]12CCC3c4ccc(OC(=O)CCCCCC(=O)O)cc4CCC3C1CC[C@@H]2O. The number of hydrogen-bond donors (Lipinski definition) is 2. The van der Waals surface area contributed by atoms with Gasteiger partial charge in [-0.15, -0.1) is 0 Å². The molecule has 1 aromatic carbocycles. The molecule has 0 radical (unpaired) electrons. The van der Waals surface area contributed by atoms with Crippen LogP contribution in [0, 0.1) is 17.3 Å². The Morgan fingerprint density at radius 2 is 1.90 bits per heavy atom. The van der Waals surface area contributed by atoms with Crippen LogP contribution in [0.3, 0.4) is 0 Å². The molecule has 4 rings (SSSR count). The average molecular weight is 415 g/mol. The maximum atomic E-state index is 12.1. The van der Waals surface area contributed by atoms with Crippen LogP contribution in [-0.2, 0) is 16.0 Å². The number of carbonyl (C=O) groups excluding carboxylic acids is 1. The summed E-state index contributed by atoms with van der Waals surface area (Å²) in [5.41, 5.74) is 2.83. The number of fused-ring (bicyclic) bond motifs is 5. The zero-order chi connectivity index (χ0) is 21.3. The van der Waals surface area contributed by atoms with Gasteiger partial charge in [-0.3, -0.25) is 9.59 Å². The topological polar surface area (TPSA) is 83.8 Å². The van der Waals surface area contributed by atoms with Crippen LogP contribution in [0.2, 0.25) is 0 Å². The number of aliphatic hydroxyl groups excluding tert-OH is 1. The second kappa shape index (κ2) is 8.70. The molecule has 164 valence electrons. The predicted octanol–water partition coefficient (Wildman–Crippen LogP) is 4.84. The summed E-state index contributed by atoms with van der Waals surface area (Å²) in [4.78, 5) is 22.7. The number of hydrogen-bond acceptors (Lipinski definition) is 4. The molecule has 0 bridgehead atoms. The second-order valence-corrected chi connectivity index (χ2v) is 9.84. The molecule has 0 aliphatic heterocycles. The van der Waals surface area contributed by atoms with Crippen molar-refractivity contribution in [1.82, 2.24) is 0 Å². The highest BCUT2D eigenvalue weighted by molar-refractivity contribution is 5.72. The summed E-state index contributed by atoms with van der Waals surface area (Å²) in [6, 6.07) is 6.14. The minimum absolute atomic E-state index is 0.0958. The van der Waals surface area contributed by atoms with Gasteiger partial charge < -0.3 is 14.9 Å². The van der Waals surface area contributed by atoms with Crippen molar-refractivity contribution in [2.75, 3.05) is 0 Å². The van der Waals surface area contributed by atoms with Crippen molar-refractivity contribution in [3.63, 3.8) is 0 Å². The molecule has 3 unspecified atom stereocenters. The quantitative estimate of drug-likeness (QED) is 0.379. The third-order valence-corrected chi connectivity index (χ3v) is 8.15. The molecule has 5 heteroatoms. The van der Waals surface area contributed by atoms with Gasteiger partial charge in [0.15, 0.2) is 0 Å². The Morgan fingerprint density at radius 3 is 2.70 bits per heavy atom. The minimum Gasteiger partial charge on any atom is -0.481 e. The first kappa shape index (κ1) is 21.4. The summed E-state index contributed by atoms with van der Waals surface area (Å²) in [7, 11) is 0. The van der Waals surface area contributed by atoms with E-state index in [1.54, 1.807) is 0 Å². The normalized spacial score (nSPS) is 32.1. The fourth-order valence-corrected chi connectivity index (χ4v) is 6.50.